The average molecular weight is 530 g/mol. The lowest BCUT2D eigenvalue weighted by atomic mass is 10.1. The van der Waals surface area contributed by atoms with Crippen molar-refractivity contribution in [2.75, 3.05) is 0 Å². The van der Waals surface area contributed by atoms with E-state index in [9.17, 15) is 4.79 Å². The molecule has 0 fully saturated rings. The van der Waals surface area contributed by atoms with Crippen LogP contribution in [0.15, 0.2) is 63.5 Å². The molecule has 7 heteroatoms. The normalized spacial score (nSPS) is 11.0. The molecule has 0 aliphatic carbocycles. The third kappa shape index (κ3) is 4.57. The Labute approximate surface area is 190 Å². The number of carboxylic acids is 1. The Kier molecular flexibility index (Phi) is 5.92. The van der Waals surface area contributed by atoms with Gasteiger partial charge in [-0.25, -0.2) is 4.98 Å². The second kappa shape index (κ2) is 8.62. The van der Waals surface area contributed by atoms with Crippen molar-refractivity contribution in [3.05, 3.63) is 74.7 Å². The topological polar surface area (TPSA) is 75.2 Å². The van der Waals surface area contributed by atoms with Crippen LogP contribution in [0.25, 0.3) is 22.4 Å². The number of carbonyl (C=O) groups is 1. The number of rotatable bonds is 6. The Bertz CT molecular complexity index is 1230. The van der Waals surface area contributed by atoms with E-state index in [4.69, 9.17) is 9.84 Å². The predicted molar refractivity (Wildman–Crippen MR) is 124 cm³/mol. The van der Waals surface area contributed by atoms with E-state index in [2.05, 4.69) is 60.9 Å². The Morgan fingerprint density at radius 2 is 1.87 bits per heavy atom. The molecule has 152 valence electrons. The summed E-state index contributed by atoms with van der Waals surface area (Å²) in [6.45, 7) is 2.06. The lowest BCUT2D eigenvalue weighted by Gasteiger charge is -2.12. The fourth-order valence-corrected chi connectivity index (χ4v) is 4.65. The fraction of sp³-hybridized carbons (Fsp3) is 0.130. The van der Waals surface area contributed by atoms with Crippen molar-refractivity contribution in [1.29, 1.82) is 0 Å². The van der Waals surface area contributed by atoms with Gasteiger partial charge in [-0.3, -0.25) is 4.79 Å². The third-order valence-electron chi connectivity index (χ3n) is 4.65. The second-order valence-electron chi connectivity index (χ2n) is 7.02. The number of H-pyrrole nitrogens is 1. The number of nitrogens with zero attached hydrogens (tertiary/aromatic N) is 1. The molecule has 2 N–H and O–H groups in total. The summed E-state index contributed by atoms with van der Waals surface area (Å²) >= 11 is 7.06. The van der Waals surface area contributed by atoms with Crippen LogP contribution in [0, 0.1) is 6.92 Å². The first-order chi connectivity index (χ1) is 14.4. The molecule has 0 saturated carbocycles. The number of imidazole rings is 1. The smallest absolute Gasteiger partial charge is 0.303 e. The number of ether oxygens (including phenoxy) is 1. The molecule has 0 amide bonds. The number of aliphatic carboxylic acids is 1. The standard InChI is InChI=1S/C23H18Br2N2O3/c1-13-3-2-4-15(9-13)23-26-19-7-6-16(12-20(19)27-23)30-22-17(24)10-14(11-18(22)25)5-8-21(28)29/h2-4,6-7,9-12H,5,8H2,1H3,(H,26,27)(H,28,29). The molecule has 0 atom stereocenters. The molecule has 5 nitrogen and oxygen atoms in total. The maximum atomic E-state index is 10.8. The molecule has 30 heavy (non-hydrogen) atoms. The molecule has 0 saturated heterocycles. The van der Waals surface area contributed by atoms with Crippen molar-refractivity contribution in [3.8, 4) is 22.9 Å². The minimum atomic E-state index is -0.819. The molecule has 0 unspecified atom stereocenters. The highest BCUT2D eigenvalue weighted by molar-refractivity contribution is 9.11. The highest BCUT2D eigenvalue weighted by Gasteiger charge is 2.13. The first kappa shape index (κ1) is 20.6. The van der Waals surface area contributed by atoms with E-state index >= 15 is 0 Å². The minimum Gasteiger partial charge on any atom is -0.481 e. The van der Waals surface area contributed by atoms with Gasteiger partial charge in [0.05, 0.1) is 20.0 Å². The molecule has 0 aliphatic rings. The van der Waals surface area contributed by atoms with E-state index in [1.807, 2.05) is 42.5 Å². The predicted octanol–water partition coefficient (Wildman–Crippen LogP) is 6.87. The molecular weight excluding hydrogens is 512 g/mol. The molecule has 0 bridgehead atoms. The molecular formula is C23H18Br2N2O3. The van der Waals surface area contributed by atoms with Crippen molar-refractivity contribution in [1.82, 2.24) is 9.97 Å². The van der Waals surface area contributed by atoms with Crippen molar-refractivity contribution in [2.24, 2.45) is 0 Å². The van der Waals surface area contributed by atoms with Gasteiger partial charge in [0.15, 0.2) is 5.75 Å². The third-order valence-corrected chi connectivity index (χ3v) is 5.83. The molecule has 1 aromatic heterocycles. The summed E-state index contributed by atoms with van der Waals surface area (Å²) in [5, 5.41) is 8.88. The number of aromatic nitrogens is 2. The van der Waals surface area contributed by atoms with Crippen LogP contribution in [0.4, 0.5) is 0 Å². The maximum absolute atomic E-state index is 10.8. The van der Waals surface area contributed by atoms with Gasteiger partial charge in [-0.15, -0.1) is 0 Å². The largest absolute Gasteiger partial charge is 0.481 e. The van der Waals surface area contributed by atoms with Gasteiger partial charge in [-0.05, 0) is 81.1 Å². The monoisotopic (exact) mass is 528 g/mol. The molecule has 0 spiro atoms. The molecule has 4 rings (SSSR count). The quantitative estimate of drug-likeness (QED) is 0.285. The van der Waals surface area contributed by atoms with Gasteiger partial charge in [0.1, 0.15) is 11.6 Å². The van der Waals surface area contributed by atoms with Gasteiger partial charge in [0.2, 0.25) is 0 Å². The SMILES string of the molecule is Cc1cccc(-c2nc3ccc(Oc4c(Br)cc(CCC(=O)O)cc4Br)cc3[nH]2)c1. The van der Waals surface area contributed by atoms with Crippen molar-refractivity contribution >= 4 is 48.9 Å². The molecule has 0 radical (unpaired) electrons. The number of aryl methyl sites for hydroxylation is 2. The second-order valence-corrected chi connectivity index (χ2v) is 8.73. The van der Waals surface area contributed by atoms with Crippen LogP contribution in [0.3, 0.4) is 0 Å². The summed E-state index contributed by atoms with van der Waals surface area (Å²) < 4.78 is 7.61. The molecule has 3 aromatic carbocycles. The number of hydrogen-bond donors (Lipinski definition) is 2. The van der Waals surface area contributed by atoms with Crippen LogP contribution in [-0.2, 0) is 11.2 Å². The van der Waals surface area contributed by atoms with Crippen LogP contribution in [0.1, 0.15) is 17.5 Å². The van der Waals surface area contributed by atoms with Crippen molar-refractivity contribution < 1.29 is 14.6 Å². The van der Waals surface area contributed by atoms with Crippen LogP contribution in [0.2, 0.25) is 0 Å². The first-order valence-electron chi connectivity index (χ1n) is 9.33. The Morgan fingerprint density at radius 3 is 2.57 bits per heavy atom. The lowest BCUT2D eigenvalue weighted by Crippen LogP contribution is -1.98. The van der Waals surface area contributed by atoms with Gasteiger partial charge in [0.25, 0.3) is 0 Å². The van der Waals surface area contributed by atoms with Gasteiger partial charge in [-0.2, -0.15) is 0 Å². The van der Waals surface area contributed by atoms with E-state index < -0.39 is 5.97 Å². The number of nitrogens with one attached hydrogen (secondary N) is 1. The van der Waals surface area contributed by atoms with Crippen LogP contribution in [-0.4, -0.2) is 21.0 Å². The van der Waals surface area contributed by atoms with Crippen LogP contribution < -0.4 is 4.74 Å². The summed E-state index contributed by atoms with van der Waals surface area (Å²) in [6, 6.07) is 17.7. The number of halogens is 2. The zero-order valence-electron chi connectivity index (χ0n) is 16.1. The fourth-order valence-electron chi connectivity index (χ4n) is 3.20. The van der Waals surface area contributed by atoms with E-state index in [-0.39, 0.29) is 6.42 Å². The van der Waals surface area contributed by atoms with Crippen molar-refractivity contribution in [2.45, 2.75) is 19.8 Å². The Balaban J connectivity index is 1.60. The Morgan fingerprint density at radius 1 is 1.10 bits per heavy atom. The van der Waals surface area contributed by atoms with Crippen molar-refractivity contribution in [3.63, 3.8) is 0 Å². The summed E-state index contributed by atoms with van der Waals surface area (Å²) in [5.74, 6) is 1.30. The van der Waals surface area contributed by atoms with E-state index in [0.29, 0.717) is 17.9 Å². The minimum absolute atomic E-state index is 0.0822. The van der Waals surface area contributed by atoms with Gasteiger partial charge >= 0.3 is 5.97 Å². The number of fused-ring (bicyclic) bond motifs is 1. The average Bonchev–Trinajstić information content (AvgIpc) is 3.12. The van der Waals surface area contributed by atoms with Crippen LogP contribution in [0.5, 0.6) is 11.5 Å². The number of carboxylic acid groups (broad SMARTS) is 1. The molecule has 0 aliphatic heterocycles. The maximum Gasteiger partial charge on any atom is 0.303 e. The lowest BCUT2D eigenvalue weighted by molar-refractivity contribution is -0.136. The van der Waals surface area contributed by atoms with E-state index in [0.717, 1.165) is 36.9 Å². The summed E-state index contributed by atoms with van der Waals surface area (Å²) in [6.07, 6.45) is 0.535. The zero-order valence-corrected chi connectivity index (χ0v) is 19.2. The highest BCUT2D eigenvalue weighted by atomic mass is 79.9. The van der Waals surface area contributed by atoms with E-state index in [1.54, 1.807) is 0 Å². The number of hydrogen-bond acceptors (Lipinski definition) is 3. The van der Waals surface area contributed by atoms with Gasteiger partial charge in [0, 0.05) is 18.1 Å². The van der Waals surface area contributed by atoms with Gasteiger partial charge in [-0.1, -0.05) is 23.8 Å². The summed E-state index contributed by atoms with van der Waals surface area (Å²) in [5.41, 5.74) is 4.88. The van der Waals surface area contributed by atoms with Gasteiger partial charge < -0.3 is 14.8 Å². The number of benzene rings is 3. The summed E-state index contributed by atoms with van der Waals surface area (Å²) in [7, 11) is 0. The molecule has 4 aromatic rings. The Hall–Kier alpha value is -2.64. The zero-order chi connectivity index (χ0) is 21.3. The van der Waals surface area contributed by atoms with Crippen LogP contribution >= 0.6 is 31.9 Å². The first-order valence-corrected chi connectivity index (χ1v) is 10.9. The highest BCUT2D eigenvalue weighted by Crippen LogP contribution is 2.38. The number of aromatic amines is 1. The van der Waals surface area contributed by atoms with E-state index in [1.165, 1.54) is 5.56 Å². The molecule has 1 heterocycles. The summed E-state index contributed by atoms with van der Waals surface area (Å²) in [4.78, 5) is 18.8.